The molecule has 2 rings (SSSR count). The van der Waals surface area contributed by atoms with Crippen molar-refractivity contribution in [3.05, 3.63) is 0 Å². The Kier molecular flexibility index (Phi) is 2.92. The SMILES string of the molecule is CCC1CCC(N(C)C2CC2)CC1. The standard InChI is InChI=1S/C12H23N/c1-3-10-4-6-11(7-5-10)13(2)12-8-9-12/h10-12H,3-9H2,1-2H3. The van der Waals surface area contributed by atoms with Gasteiger partial charge in [0.25, 0.3) is 0 Å². The average molecular weight is 181 g/mol. The molecule has 0 amide bonds. The third-order valence-corrected chi connectivity index (χ3v) is 4.09. The fraction of sp³-hybridized carbons (Fsp3) is 1.00. The molecule has 0 aromatic heterocycles. The summed E-state index contributed by atoms with van der Waals surface area (Å²) in [5, 5.41) is 0. The van der Waals surface area contributed by atoms with E-state index >= 15 is 0 Å². The van der Waals surface area contributed by atoms with Crippen LogP contribution >= 0.6 is 0 Å². The van der Waals surface area contributed by atoms with Gasteiger partial charge in [0.2, 0.25) is 0 Å². The van der Waals surface area contributed by atoms with Crippen molar-refractivity contribution in [3.8, 4) is 0 Å². The number of nitrogens with zero attached hydrogens (tertiary/aromatic N) is 1. The molecule has 0 N–H and O–H groups in total. The highest BCUT2D eigenvalue weighted by Gasteiger charge is 2.32. The zero-order valence-corrected chi connectivity index (χ0v) is 9.13. The maximum atomic E-state index is 2.66. The first-order valence-corrected chi connectivity index (χ1v) is 6.03. The third-order valence-electron chi connectivity index (χ3n) is 4.09. The van der Waals surface area contributed by atoms with Gasteiger partial charge < -0.3 is 4.90 Å². The minimum Gasteiger partial charge on any atom is -0.300 e. The molecule has 0 aromatic carbocycles. The predicted molar refractivity (Wildman–Crippen MR) is 56.8 cm³/mol. The summed E-state index contributed by atoms with van der Waals surface area (Å²) in [5.41, 5.74) is 0. The van der Waals surface area contributed by atoms with Crippen LogP contribution in [0.2, 0.25) is 0 Å². The molecule has 2 fully saturated rings. The summed E-state index contributed by atoms with van der Waals surface area (Å²) in [6, 6.07) is 1.89. The summed E-state index contributed by atoms with van der Waals surface area (Å²) in [5.74, 6) is 1.05. The van der Waals surface area contributed by atoms with Crippen molar-refractivity contribution in [2.45, 2.75) is 64.0 Å². The fourth-order valence-electron chi connectivity index (χ4n) is 2.74. The average Bonchev–Trinajstić information content (AvgIpc) is 3.00. The lowest BCUT2D eigenvalue weighted by atomic mass is 9.84. The van der Waals surface area contributed by atoms with E-state index in [-0.39, 0.29) is 0 Å². The van der Waals surface area contributed by atoms with E-state index in [2.05, 4.69) is 18.9 Å². The molecule has 13 heavy (non-hydrogen) atoms. The van der Waals surface area contributed by atoms with Gasteiger partial charge in [-0.2, -0.15) is 0 Å². The highest BCUT2D eigenvalue weighted by Crippen LogP contribution is 2.34. The van der Waals surface area contributed by atoms with Crippen LogP contribution in [0.4, 0.5) is 0 Å². The van der Waals surface area contributed by atoms with Gasteiger partial charge in [-0.1, -0.05) is 13.3 Å². The molecular weight excluding hydrogens is 158 g/mol. The molecule has 2 aliphatic carbocycles. The Balaban J connectivity index is 1.76. The quantitative estimate of drug-likeness (QED) is 0.647. The lowest BCUT2D eigenvalue weighted by Gasteiger charge is -2.34. The minimum absolute atomic E-state index is 0.926. The Morgan fingerprint density at radius 1 is 0.923 bits per heavy atom. The number of hydrogen-bond donors (Lipinski definition) is 0. The Labute approximate surface area is 82.5 Å². The van der Waals surface area contributed by atoms with E-state index in [9.17, 15) is 0 Å². The van der Waals surface area contributed by atoms with Gasteiger partial charge in [0, 0.05) is 12.1 Å². The maximum absolute atomic E-state index is 2.66. The van der Waals surface area contributed by atoms with E-state index in [1.54, 1.807) is 0 Å². The van der Waals surface area contributed by atoms with E-state index in [0.717, 1.165) is 18.0 Å². The van der Waals surface area contributed by atoms with Gasteiger partial charge in [-0.3, -0.25) is 0 Å². The highest BCUT2D eigenvalue weighted by molar-refractivity contribution is 4.88. The minimum atomic E-state index is 0.926. The molecule has 2 aliphatic rings. The van der Waals surface area contributed by atoms with Crippen LogP contribution in [0.5, 0.6) is 0 Å². The van der Waals surface area contributed by atoms with E-state index < -0.39 is 0 Å². The Bertz CT molecular complexity index is 155. The second-order valence-electron chi connectivity index (χ2n) is 4.98. The largest absolute Gasteiger partial charge is 0.300 e. The van der Waals surface area contributed by atoms with Crippen LogP contribution in [0.3, 0.4) is 0 Å². The van der Waals surface area contributed by atoms with Crippen LogP contribution in [-0.4, -0.2) is 24.0 Å². The van der Waals surface area contributed by atoms with Crippen molar-refractivity contribution in [2.24, 2.45) is 5.92 Å². The molecule has 0 atom stereocenters. The lowest BCUT2D eigenvalue weighted by molar-refractivity contribution is 0.157. The molecule has 76 valence electrons. The molecule has 2 saturated carbocycles. The third kappa shape index (κ3) is 2.25. The highest BCUT2D eigenvalue weighted by atomic mass is 15.2. The summed E-state index contributed by atoms with van der Waals surface area (Å²) >= 11 is 0. The molecule has 0 radical (unpaired) electrons. The van der Waals surface area contributed by atoms with E-state index in [1.165, 1.54) is 44.9 Å². The first kappa shape index (κ1) is 9.51. The van der Waals surface area contributed by atoms with Gasteiger partial charge >= 0.3 is 0 Å². The first-order valence-electron chi connectivity index (χ1n) is 6.03. The second kappa shape index (κ2) is 4.00. The maximum Gasteiger partial charge on any atom is 0.00963 e. The van der Waals surface area contributed by atoms with Gasteiger partial charge in [-0.25, -0.2) is 0 Å². The molecule has 0 saturated heterocycles. The van der Waals surface area contributed by atoms with Crippen LogP contribution in [0.1, 0.15) is 51.9 Å². The van der Waals surface area contributed by atoms with Gasteiger partial charge in [0.05, 0.1) is 0 Å². The van der Waals surface area contributed by atoms with Crippen molar-refractivity contribution in [1.82, 2.24) is 4.90 Å². The van der Waals surface area contributed by atoms with E-state index in [0.29, 0.717) is 0 Å². The van der Waals surface area contributed by atoms with Gasteiger partial charge in [-0.05, 0) is 51.5 Å². The number of rotatable bonds is 3. The molecule has 0 heterocycles. The van der Waals surface area contributed by atoms with Crippen LogP contribution in [0, 0.1) is 5.92 Å². The van der Waals surface area contributed by atoms with Gasteiger partial charge in [0.15, 0.2) is 0 Å². The summed E-state index contributed by atoms with van der Waals surface area (Å²) < 4.78 is 0. The first-order chi connectivity index (χ1) is 6.31. The van der Waals surface area contributed by atoms with Crippen LogP contribution < -0.4 is 0 Å². The summed E-state index contributed by atoms with van der Waals surface area (Å²) in [4.78, 5) is 2.66. The van der Waals surface area contributed by atoms with Crippen molar-refractivity contribution in [1.29, 1.82) is 0 Å². The van der Waals surface area contributed by atoms with Crippen LogP contribution in [0.25, 0.3) is 0 Å². The molecular formula is C12H23N. The molecule has 0 spiro atoms. The van der Waals surface area contributed by atoms with Crippen LogP contribution in [-0.2, 0) is 0 Å². The van der Waals surface area contributed by atoms with E-state index in [4.69, 9.17) is 0 Å². The predicted octanol–water partition coefficient (Wildman–Crippen LogP) is 3.05. The normalized spacial score (nSPS) is 35.3. The zero-order chi connectivity index (χ0) is 9.26. The van der Waals surface area contributed by atoms with Gasteiger partial charge in [-0.15, -0.1) is 0 Å². The molecule has 0 aromatic rings. The molecule has 0 aliphatic heterocycles. The van der Waals surface area contributed by atoms with Crippen molar-refractivity contribution in [3.63, 3.8) is 0 Å². The topological polar surface area (TPSA) is 3.24 Å². The van der Waals surface area contributed by atoms with Crippen molar-refractivity contribution in [2.75, 3.05) is 7.05 Å². The summed E-state index contributed by atoms with van der Waals surface area (Å²) in [6.45, 7) is 2.34. The van der Waals surface area contributed by atoms with Crippen molar-refractivity contribution < 1.29 is 0 Å². The zero-order valence-electron chi connectivity index (χ0n) is 9.13. The van der Waals surface area contributed by atoms with Gasteiger partial charge in [0.1, 0.15) is 0 Å². The number of hydrogen-bond acceptors (Lipinski definition) is 1. The van der Waals surface area contributed by atoms with E-state index in [1.807, 2.05) is 0 Å². The second-order valence-corrected chi connectivity index (χ2v) is 4.98. The summed E-state index contributed by atoms with van der Waals surface area (Å²) in [7, 11) is 2.34. The lowest BCUT2D eigenvalue weighted by Crippen LogP contribution is -2.36. The monoisotopic (exact) mass is 181 g/mol. The Morgan fingerprint density at radius 2 is 1.38 bits per heavy atom. The fourth-order valence-corrected chi connectivity index (χ4v) is 2.74. The van der Waals surface area contributed by atoms with Crippen LogP contribution in [0.15, 0.2) is 0 Å². The Morgan fingerprint density at radius 3 is 1.77 bits per heavy atom. The van der Waals surface area contributed by atoms with Crippen molar-refractivity contribution >= 4 is 0 Å². The Hall–Kier alpha value is -0.0400. The molecule has 1 nitrogen and oxygen atoms in total. The smallest absolute Gasteiger partial charge is 0.00963 e. The molecule has 0 unspecified atom stereocenters. The molecule has 1 heteroatoms. The molecule has 0 bridgehead atoms. The summed E-state index contributed by atoms with van der Waals surface area (Å²) in [6.07, 6.45) is 10.2.